The molecule has 0 fully saturated rings. The highest BCUT2D eigenvalue weighted by molar-refractivity contribution is 5.99. The maximum atomic E-state index is 12.2. The smallest absolute Gasteiger partial charge is 0.265 e. The zero-order chi connectivity index (χ0) is 18.4. The number of para-hydroxylation sites is 1. The number of fused-ring (bicyclic) bond motifs is 1. The molecule has 136 valence electrons. The van der Waals surface area contributed by atoms with Crippen LogP contribution in [0.2, 0.25) is 0 Å². The Labute approximate surface area is 151 Å². The van der Waals surface area contributed by atoms with Crippen molar-refractivity contribution >= 4 is 23.2 Å². The Hall–Kier alpha value is -3.06. The van der Waals surface area contributed by atoms with Crippen LogP contribution in [0.3, 0.4) is 0 Å². The first-order valence-electron chi connectivity index (χ1n) is 8.21. The minimum atomic E-state index is -0.257. The van der Waals surface area contributed by atoms with Crippen LogP contribution in [-0.4, -0.2) is 45.3 Å². The second-order valence-electron chi connectivity index (χ2n) is 5.66. The molecule has 2 aromatic rings. The lowest BCUT2D eigenvalue weighted by Gasteiger charge is -2.29. The summed E-state index contributed by atoms with van der Waals surface area (Å²) in [6.07, 6.45) is 0. The number of nitrogens with one attached hydrogen (secondary N) is 1. The lowest BCUT2D eigenvalue weighted by Crippen LogP contribution is -2.41. The Morgan fingerprint density at radius 1 is 1.23 bits per heavy atom. The number of rotatable bonds is 7. The normalized spacial score (nSPS) is 13.0. The first-order valence-corrected chi connectivity index (χ1v) is 8.21. The van der Waals surface area contributed by atoms with Gasteiger partial charge in [0.05, 0.1) is 12.2 Å². The van der Waals surface area contributed by atoms with Gasteiger partial charge in [0.2, 0.25) is 5.91 Å². The predicted molar refractivity (Wildman–Crippen MR) is 96.7 cm³/mol. The molecule has 0 atom stereocenters. The highest BCUT2D eigenvalue weighted by Gasteiger charge is 2.25. The van der Waals surface area contributed by atoms with Gasteiger partial charge in [-0.25, -0.2) is 0 Å². The van der Waals surface area contributed by atoms with E-state index in [1.165, 1.54) is 7.11 Å². The zero-order valence-corrected chi connectivity index (χ0v) is 14.4. The van der Waals surface area contributed by atoms with E-state index >= 15 is 0 Å². The van der Waals surface area contributed by atoms with Crippen LogP contribution in [0.5, 0.6) is 11.5 Å². The molecule has 0 radical (unpaired) electrons. The Bertz CT molecular complexity index is 779. The van der Waals surface area contributed by atoms with E-state index in [1.807, 2.05) is 30.3 Å². The van der Waals surface area contributed by atoms with Crippen LogP contribution < -0.4 is 19.7 Å². The largest absolute Gasteiger partial charge is 0.492 e. The van der Waals surface area contributed by atoms with Gasteiger partial charge in [-0.05, 0) is 24.3 Å². The van der Waals surface area contributed by atoms with Crippen LogP contribution in [0.15, 0.2) is 48.5 Å². The van der Waals surface area contributed by atoms with Gasteiger partial charge in [-0.3, -0.25) is 9.59 Å². The molecule has 2 aromatic carbocycles. The number of hydrogen-bond donors (Lipinski definition) is 1. The molecule has 0 saturated carbocycles. The van der Waals surface area contributed by atoms with Crippen LogP contribution in [0.25, 0.3) is 0 Å². The van der Waals surface area contributed by atoms with Gasteiger partial charge in [0.25, 0.3) is 5.91 Å². The summed E-state index contributed by atoms with van der Waals surface area (Å²) in [5, 5.41) is 2.71. The number of nitrogens with zero attached hydrogens (tertiary/aromatic N) is 1. The molecule has 0 aromatic heterocycles. The van der Waals surface area contributed by atoms with E-state index in [1.54, 1.807) is 23.1 Å². The molecule has 1 aliphatic rings. The monoisotopic (exact) mass is 356 g/mol. The summed E-state index contributed by atoms with van der Waals surface area (Å²) in [7, 11) is 1.45. The van der Waals surface area contributed by atoms with Crippen LogP contribution in [-0.2, 0) is 14.3 Å². The molecule has 2 amide bonds. The topological polar surface area (TPSA) is 77.1 Å². The summed E-state index contributed by atoms with van der Waals surface area (Å²) in [6.45, 7) is 0.689. The molecule has 0 bridgehead atoms. The lowest BCUT2D eigenvalue weighted by molar-refractivity contribution is -0.121. The van der Waals surface area contributed by atoms with Gasteiger partial charge in [-0.2, -0.15) is 0 Å². The Morgan fingerprint density at radius 2 is 2.04 bits per heavy atom. The minimum absolute atomic E-state index is 0.0284. The molecule has 0 spiro atoms. The quantitative estimate of drug-likeness (QED) is 0.822. The fourth-order valence-electron chi connectivity index (χ4n) is 2.63. The fourth-order valence-corrected chi connectivity index (χ4v) is 2.63. The highest BCUT2D eigenvalue weighted by Crippen LogP contribution is 2.34. The van der Waals surface area contributed by atoms with Crippen molar-refractivity contribution in [1.82, 2.24) is 0 Å². The first kappa shape index (κ1) is 17.8. The molecule has 26 heavy (non-hydrogen) atoms. The van der Waals surface area contributed by atoms with E-state index in [9.17, 15) is 9.59 Å². The molecule has 7 heteroatoms. The number of carbonyl (C=O) groups excluding carboxylic acids is 2. The second kappa shape index (κ2) is 8.35. The molecule has 1 heterocycles. The van der Waals surface area contributed by atoms with Crippen molar-refractivity contribution in [2.24, 2.45) is 0 Å². The summed E-state index contributed by atoms with van der Waals surface area (Å²) >= 11 is 0. The molecule has 1 aliphatic heterocycles. The van der Waals surface area contributed by atoms with Crippen molar-refractivity contribution in [2.45, 2.75) is 0 Å². The molecule has 7 nitrogen and oxygen atoms in total. The Balaban J connectivity index is 1.66. The minimum Gasteiger partial charge on any atom is -0.492 e. The summed E-state index contributed by atoms with van der Waals surface area (Å²) in [6, 6.07) is 14.6. The first-order chi connectivity index (χ1) is 12.7. The Morgan fingerprint density at radius 3 is 2.81 bits per heavy atom. The van der Waals surface area contributed by atoms with Gasteiger partial charge in [0.1, 0.15) is 24.7 Å². The van der Waals surface area contributed by atoms with Crippen LogP contribution in [0.4, 0.5) is 11.4 Å². The number of hydrogen-bond acceptors (Lipinski definition) is 5. The average molecular weight is 356 g/mol. The van der Waals surface area contributed by atoms with Gasteiger partial charge in [-0.15, -0.1) is 0 Å². The van der Waals surface area contributed by atoms with Crippen molar-refractivity contribution in [3.8, 4) is 11.5 Å². The molecule has 0 aliphatic carbocycles. The van der Waals surface area contributed by atoms with E-state index < -0.39 is 0 Å². The average Bonchev–Trinajstić information content (AvgIpc) is 2.64. The van der Waals surface area contributed by atoms with Gasteiger partial charge in [0.15, 0.2) is 6.61 Å². The number of benzene rings is 2. The molecular weight excluding hydrogens is 336 g/mol. The van der Waals surface area contributed by atoms with E-state index in [0.29, 0.717) is 30.3 Å². The molecule has 0 saturated heterocycles. The molecule has 0 unspecified atom stereocenters. The van der Waals surface area contributed by atoms with Gasteiger partial charge in [0, 0.05) is 18.9 Å². The number of amides is 2. The maximum Gasteiger partial charge on any atom is 0.265 e. The summed E-state index contributed by atoms with van der Waals surface area (Å²) in [5.74, 6) is 0.905. The van der Waals surface area contributed by atoms with Crippen molar-refractivity contribution in [3.63, 3.8) is 0 Å². The molecular formula is C19H20N2O5. The number of methoxy groups -OCH3 is 1. The fraction of sp³-hybridized carbons (Fsp3) is 0.263. The highest BCUT2D eigenvalue weighted by atomic mass is 16.5. The summed E-state index contributed by atoms with van der Waals surface area (Å²) in [4.78, 5) is 25.4. The van der Waals surface area contributed by atoms with E-state index in [4.69, 9.17) is 14.2 Å². The summed E-state index contributed by atoms with van der Waals surface area (Å²) in [5.41, 5.74) is 1.24. The van der Waals surface area contributed by atoms with Crippen LogP contribution >= 0.6 is 0 Å². The van der Waals surface area contributed by atoms with Crippen molar-refractivity contribution in [1.29, 1.82) is 0 Å². The van der Waals surface area contributed by atoms with Crippen LogP contribution in [0.1, 0.15) is 0 Å². The summed E-state index contributed by atoms with van der Waals surface area (Å²) < 4.78 is 16.0. The van der Waals surface area contributed by atoms with Gasteiger partial charge in [-0.1, -0.05) is 18.2 Å². The van der Waals surface area contributed by atoms with Crippen molar-refractivity contribution in [2.75, 3.05) is 43.7 Å². The number of anilines is 2. The van der Waals surface area contributed by atoms with Crippen molar-refractivity contribution < 1.29 is 23.8 Å². The van der Waals surface area contributed by atoms with E-state index in [-0.39, 0.29) is 25.0 Å². The number of ether oxygens (including phenoxy) is 3. The third-order valence-electron chi connectivity index (χ3n) is 3.79. The Kier molecular flexibility index (Phi) is 5.70. The second-order valence-corrected chi connectivity index (χ2v) is 5.66. The lowest BCUT2D eigenvalue weighted by atomic mass is 10.2. The zero-order valence-electron chi connectivity index (χ0n) is 14.4. The van der Waals surface area contributed by atoms with Gasteiger partial charge < -0.3 is 24.4 Å². The van der Waals surface area contributed by atoms with Crippen LogP contribution in [0, 0.1) is 0 Å². The van der Waals surface area contributed by atoms with Gasteiger partial charge >= 0.3 is 0 Å². The molecule has 1 N–H and O–H groups in total. The molecule has 3 rings (SSSR count). The number of carbonyl (C=O) groups is 2. The SMILES string of the molecule is COCC(=O)Nc1ccc2c(c1)OCC(=O)N2CCOc1ccccc1. The maximum absolute atomic E-state index is 12.2. The third-order valence-corrected chi connectivity index (χ3v) is 3.79. The predicted octanol–water partition coefficient (Wildman–Crippen LogP) is 2.08. The third kappa shape index (κ3) is 4.31. The van der Waals surface area contributed by atoms with Crippen molar-refractivity contribution in [3.05, 3.63) is 48.5 Å². The van der Waals surface area contributed by atoms with E-state index in [0.717, 1.165) is 5.75 Å². The standard InChI is InChI=1S/C19H20N2O5/c1-24-12-18(22)20-14-7-8-16-17(11-14)26-13-19(23)21(16)9-10-25-15-5-3-2-4-6-15/h2-8,11H,9-10,12-13H2,1H3,(H,20,22). The van der Waals surface area contributed by atoms with E-state index in [2.05, 4.69) is 5.32 Å².